The molecule has 0 radical (unpaired) electrons. The fourth-order valence-corrected chi connectivity index (χ4v) is 1.70. The second-order valence-electron chi connectivity index (χ2n) is 3.52. The number of urea groups is 1. The van der Waals surface area contributed by atoms with E-state index in [9.17, 15) is 14.7 Å². The number of methoxy groups -OCH3 is 1. The minimum Gasteiger partial charge on any atom is -0.503 e. The van der Waals surface area contributed by atoms with Crippen molar-refractivity contribution in [3.63, 3.8) is 0 Å². The van der Waals surface area contributed by atoms with Gasteiger partial charge in [-0.25, -0.2) is 4.79 Å². The zero-order valence-corrected chi connectivity index (χ0v) is 10.0. The quantitative estimate of drug-likeness (QED) is 0.556. The Labute approximate surface area is 107 Å². The Morgan fingerprint density at radius 1 is 1.33 bits per heavy atom. The van der Waals surface area contributed by atoms with Crippen LogP contribution in [0.25, 0.3) is 6.08 Å². The molecular weight excluding hydrogens is 260 g/mol. The highest BCUT2D eigenvalue weighted by atomic mass is 35.5. The van der Waals surface area contributed by atoms with Gasteiger partial charge in [0.05, 0.1) is 12.1 Å². The van der Waals surface area contributed by atoms with Gasteiger partial charge in [0.2, 0.25) is 0 Å². The van der Waals surface area contributed by atoms with E-state index < -0.39 is 11.9 Å². The van der Waals surface area contributed by atoms with Gasteiger partial charge >= 0.3 is 6.03 Å². The molecule has 1 fully saturated rings. The Morgan fingerprint density at radius 3 is 2.61 bits per heavy atom. The number of amides is 3. The maximum Gasteiger partial charge on any atom is 0.326 e. The minimum atomic E-state index is -0.580. The molecule has 0 bridgehead atoms. The summed E-state index contributed by atoms with van der Waals surface area (Å²) in [7, 11) is 1.38. The number of ether oxygens (including phenoxy) is 1. The molecule has 3 amide bonds. The van der Waals surface area contributed by atoms with Crippen LogP contribution in [0.1, 0.15) is 5.56 Å². The van der Waals surface area contributed by atoms with Gasteiger partial charge in [0, 0.05) is 0 Å². The summed E-state index contributed by atoms with van der Waals surface area (Å²) < 4.78 is 4.93. The van der Waals surface area contributed by atoms with Gasteiger partial charge in [-0.1, -0.05) is 11.6 Å². The first-order chi connectivity index (χ1) is 8.51. The lowest BCUT2D eigenvalue weighted by Crippen LogP contribution is -2.22. The van der Waals surface area contributed by atoms with Gasteiger partial charge in [0.25, 0.3) is 5.91 Å². The van der Waals surface area contributed by atoms with E-state index in [-0.39, 0.29) is 22.2 Å². The largest absolute Gasteiger partial charge is 0.503 e. The summed E-state index contributed by atoms with van der Waals surface area (Å²) in [6, 6.07) is 2.36. The Bertz CT molecular complexity index is 568. The summed E-state index contributed by atoms with van der Waals surface area (Å²) in [6.07, 6.45) is 1.42. The molecule has 6 nitrogen and oxygen atoms in total. The normalized spacial score (nSPS) is 16.7. The second kappa shape index (κ2) is 4.58. The summed E-state index contributed by atoms with van der Waals surface area (Å²) in [5, 5.41) is 14.0. The molecule has 1 heterocycles. The molecule has 3 N–H and O–H groups in total. The number of hydrogen-bond acceptors (Lipinski definition) is 4. The molecule has 1 aromatic carbocycles. The van der Waals surface area contributed by atoms with Crippen LogP contribution in [0.3, 0.4) is 0 Å². The number of hydrogen-bond donors (Lipinski definition) is 3. The van der Waals surface area contributed by atoms with Crippen LogP contribution < -0.4 is 15.4 Å². The number of imide groups is 1. The van der Waals surface area contributed by atoms with Crippen LogP contribution in [-0.4, -0.2) is 24.2 Å². The highest BCUT2D eigenvalue weighted by molar-refractivity contribution is 6.32. The van der Waals surface area contributed by atoms with Crippen molar-refractivity contribution < 1.29 is 19.4 Å². The first kappa shape index (κ1) is 12.3. The smallest absolute Gasteiger partial charge is 0.326 e. The van der Waals surface area contributed by atoms with Crippen LogP contribution in [0.5, 0.6) is 11.5 Å². The van der Waals surface area contributed by atoms with Crippen molar-refractivity contribution in [2.75, 3.05) is 7.11 Å². The molecule has 7 heteroatoms. The van der Waals surface area contributed by atoms with Crippen molar-refractivity contribution in [1.82, 2.24) is 10.6 Å². The number of phenols is 1. The summed E-state index contributed by atoms with van der Waals surface area (Å²) >= 11 is 5.80. The molecule has 0 aliphatic carbocycles. The lowest BCUT2D eigenvalue weighted by molar-refractivity contribution is -0.115. The Kier molecular flexibility index (Phi) is 3.12. The number of carbonyl (C=O) groups is 2. The number of phenolic OH excluding ortho intramolecular Hbond substituents is 1. The van der Waals surface area contributed by atoms with Crippen molar-refractivity contribution in [2.24, 2.45) is 0 Å². The van der Waals surface area contributed by atoms with Crippen molar-refractivity contribution in [3.05, 3.63) is 28.4 Å². The standard InChI is InChI=1S/C11H9ClN2O4/c1-18-8-4-5(2-6(12)9(8)15)3-7-10(16)14-11(17)13-7/h2-4,15H,1H3,(H2,13,14,16,17)/b7-3+. The highest BCUT2D eigenvalue weighted by Crippen LogP contribution is 2.35. The van der Waals surface area contributed by atoms with E-state index >= 15 is 0 Å². The van der Waals surface area contributed by atoms with Crippen molar-refractivity contribution >= 4 is 29.6 Å². The number of nitrogens with one attached hydrogen (secondary N) is 2. The predicted octanol–water partition coefficient (Wildman–Crippen LogP) is 1.23. The number of benzene rings is 1. The van der Waals surface area contributed by atoms with Gasteiger partial charge in [-0.2, -0.15) is 0 Å². The van der Waals surface area contributed by atoms with Crippen LogP contribution in [0, 0.1) is 0 Å². The summed E-state index contributed by atoms with van der Waals surface area (Å²) in [4.78, 5) is 22.2. The average Bonchev–Trinajstić information content (AvgIpc) is 2.62. The van der Waals surface area contributed by atoms with Crippen molar-refractivity contribution in [3.8, 4) is 11.5 Å². The third-order valence-corrected chi connectivity index (χ3v) is 2.59. The number of halogens is 1. The molecule has 0 unspecified atom stereocenters. The molecule has 1 aliphatic heterocycles. The number of rotatable bonds is 2. The van der Waals surface area contributed by atoms with E-state index in [2.05, 4.69) is 10.6 Å². The molecule has 0 atom stereocenters. The molecule has 94 valence electrons. The van der Waals surface area contributed by atoms with Gasteiger partial charge in [-0.15, -0.1) is 0 Å². The van der Waals surface area contributed by atoms with Crippen LogP contribution in [0.2, 0.25) is 5.02 Å². The van der Waals surface area contributed by atoms with E-state index in [1.54, 1.807) is 0 Å². The first-order valence-electron chi connectivity index (χ1n) is 4.92. The average molecular weight is 269 g/mol. The third kappa shape index (κ3) is 2.23. The maximum absolute atomic E-state index is 11.3. The molecular formula is C11H9ClN2O4. The first-order valence-corrected chi connectivity index (χ1v) is 5.29. The lowest BCUT2D eigenvalue weighted by Gasteiger charge is -2.06. The molecule has 0 spiro atoms. The zero-order chi connectivity index (χ0) is 13.3. The zero-order valence-electron chi connectivity index (χ0n) is 9.28. The van der Waals surface area contributed by atoms with E-state index in [1.165, 1.54) is 25.3 Å². The van der Waals surface area contributed by atoms with Crippen LogP contribution in [0.15, 0.2) is 17.8 Å². The van der Waals surface area contributed by atoms with E-state index in [4.69, 9.17) is 16.3 Å². The second-order valence-corrected chi connectivity index (χ2v) is 3.93. The molecule has 0 saturated carbocycles. The van der Waals surface area contributed by atoms with Crippen molar-refractivity contribution in [2.45, 2.75) is 0 Å². The fourth-order valence-electron chi connectivity index (χ4n) is 1.48. The van der Waals surface area contributed by atoms with Gasteiger partial charge in [0.1, 0.15) is 5.70 Å². The molecule has 18 heavy (non-hydrogen) atoms. The fraction of sp³-hybridized carbons (Fsp3) is 0.0909. The minimum absolute atomic E-state index is 0.0888. The lowest BCUT2D eigenvalue weighted by atomic mass is 10.1. The summed E-state index contributed by atoms with van der Waals surface area (Å²) in [5.41, 5.74) is 0.616. The van der Waals surface area contributed by atoms with Gasteiger partial charge in [-0.05, 0) is 23.8 Å². The summed E-state index contributed by atoms with van der Waals surface area (Å²) in [6.45, 7) is 0. The van der Waals surface area contributed by atoms with Crippen LogP contribution >= 0.6 is 11.6 Å². The molecule has 1 aliphatic rings. The Hall–Kier alpha value is -2.21. The predicted molar refractivity (Wildman–Crippen MR) is 64.3 cm³/mol. The van der Waals surface area contributed by atoms with E-state index in [0.29, 0.717) is 5.56 Å². The van der Waals surface area contributed by atoms with Gasteiger partial charge in [0.15, 0.2) is 11.5 Å². The highest BCUT2D eigenvalue weighted by Gasteiger charge is 2.23. The number of carbonyl (C=O) groups excluding carboxylic acids is 2. The molecule has 1 saturated heterocycles. The monoisotopic (exact) mass is 268 g/mol. The number of aromatic hydroxyl groups is 1. The third-order valence-electron chi connectivity index (χ3n) is 2.30. The Morgan fingerprint density at radius 2 is 2.06 bits per heavy atom. The molecule has 0 aromatic heterocycles. The van der Waals surface area contributed by atoms with Crippen LogP contribution in [-0.2, 0) is 4.79 Å². The van der Waals surface area contributed by atoms with E-state index in [0.717, 1.165) is 0 Å². The maximum atomic E-state index is 11.3. The van der Waals surface area contributed by atoms with Crippen LogP contribution in [0.4, 0.5) is 4.79 Å². The Balaban J connectivity index is 2.41. The molecule has 2 rings (SSSR count). The van der Waals surface area contributed by atoms with Gasteiger partial charge in [-0.3, -0.25) is 10.1 Å². The van der Waals surface area contributed by atoms with Crippen molar-refractivity contribution in [1.29, 1.82) is 0 Å². The topological polar surface area (TPSA) is 87.7 Å². The SMILES string of the molecule is COc1cc(/C=C2/NC(=O)NC2=O)cc(Cl)c1O. The van der Waals surface area contributed by atoms with Gasteiger partial charge < -0.3 is 15.2 Å². The molecule has 1 aromatic rings. The van der Waals surface area contributed by atoms with E-state index in [1.807, 2.05) is 0 Å². The summed E-state index contributed by atoms with van der Waals surface area (Å²) in [5.74, 6) is -0.525.